The van der Waals surface area contributed by atoms with Gasteiger partial charge in [0.15, 0.2) is 0 Å². The van der Waals surface area contributed by atoms with E-state index in [0.717, 1.165) is 12.8 Å². The number of nitrogens with one attached hydrogen (secondary N) is 1. The van der Waals surface area contributed by atoms with Crippen LogP contribution in [0.1, 0.15) is 25.7 Å². The summed E-state index contributed by atoms with van der Waals surface area (Å²) in [4.78, 5) is 0. The van der Waals surface area contributed by atoms with Crippen LogP contribution in [-0.4, -0.2) is 5.71 Å². The smallest absolute Gasteiger partial charge is 0.109 e. The zero-order chi connectivity index (χ0) is 7.40. The van der Waals surface area contributed by atoms with E-state index in [1.165, 1.54) is 18.6 Å². The minimum absolute atomic E-state index is 0.416. The van der Waals surface area contributed by atoms with Gasteiger partial charge in [-0.1, -0.05) is 6.58 Å². The van der Waals surface area contributed by atoms with E-state index < -0.39 is 0 Å². The molecule has 1 rings (SSSR count). The molecule has 0 aromatic rings. The van der Waals surface area contributed by atoms with E-state index in [4.69, 9.17) is 5.73 Å². The number of hydrazone groups is 1. The molecule has 10 heavy (non-hydrogen) atoms. The van der Waals surface area contributed by atoms with Gasteiger partial charge in [-0.25, -0.2) is 0 Å². The second kappa shape index (κ2) is 3.25. The summed E-state index contributed by atoms with van der Waals surface area (Å²) in [5.74, 6) is 0.416. The molecule has 0 aliphatic heterocycles. The van der Waals surface area contributed by atoms with Crippen molar-refractivity contribution in [2.45, 2.75) is 25.7 Å². The molecule has 3 nitrogen and oxygen atoms in total. The first kappa shape index (κ1) is 7.12. The minimum Gasteiger partial charge on any atom is -0.385 e. The van der Waals surface area contributed by atoms with Gasteiger partial charge in [0, 0.05) is 5.71 Å². The van der Waals surface area contributed by atoms with Gasteiger partial charge in [0.1, 0.15) is 5.82 Å². The maximum absolute atomic E-state index is 5.26. The third-order valence-corrected chi connectivity index (χ3v) is 1.54. The van der Waals surface area contributed by atoms with Crippen LogP contribution in [0.4, 0.5) is 0 Å². The third-order valence-electron chi connectivity index (χ3n) is 1.54. The van der Waals surface area contributed by atoms with Crippen molar-refractivity contribution in [1.82, 2.24) is 5.43 Å². The van der Waals surface area contributed by atoms with Crippen molar-refractivity contribution in [3.8, 4) is 0 Å². The van der Waals surface area contributed by atoms with Gasteiger partial charge in [0.25, 0.3) is 0 Å². The molecule has 3 N–H and O–H groups in total. The highest BCUT2D eigenvalue weighted by atomic mass is 15.3. The van der Waals surface area contributed by atoms with Crippen molar-refractivity contribution >= 4 is 5.71 Å². The molecule has 0 amide bonds. The number of nitrogens with two attached hydrogens (primary N) is 1. The summed E-state index contributed by atoms with van der Waals surface area (Å²) in [6.07, 6.45) is 4.75. The molecule has 0 bridgehead atoms. The van der Waals surface area contributed by atoms with Crippen LogP contribution in [0.25, 0.3) is 0 Å². The second-order valence-electron chi connectivity index (χ2n) is 2.52. The van der Waals surface area contributed by atoms with Crippen LogP contribution in [0.2, 0.25) is 0 Å². The van der Waals surface area contributed by atoms with Crippen LogP contribution < -0.4 is 11.2 Å². The fourth-order valence-electron chi connectivity index (χ4n) is 1.05. The van der Waals surface area contributed by atoms with Crippen molar-refractivity contribution in [2.24, 2.45) is 10.8 Å². The van der Waals surface area contributed by atoms with E-state index in [2.05, 4.69) is 17.1 Å². The normalized spacial score (nSPS) is 17.0. The highest BCUT2D eigenvalue weighted by Gasteiger charge is 2.06. The summed E-state index contributed by atoms with van der Waals surface area (Å²) in [5.41, 5.74) is 9.13. The Morgan fingerprint density at radius 1 is 1.50 bits per heavy atom. The van der Waals surface area contributed by atoms with E-state index in [1.54, 1.807) is 0 Å². The number of hydrogen-bond donors (Lipinski definition) is 2. The van der Waals surface area contributed by atoms with Gasteiger partial charge >= 0.3 is 0 Å². The first-order chi connectivity index (χ1) is 4.79. The molecule has 3 heteroatoms. The minimum atomic E-state index is 0.416. The molecule has 1 saturated carbocycles. The van der Waals surface area contributed by atoms with E-state index in [0.29, 0.717) is 5.82 Å². The monoisotopic (exact) mass is 139 g/mol. The summed E-state index contributed by atoms with van der Waals surface area (Å²) in [6, 6.07) is 0. The molecule has 1 aliphatic carbocycles. The lowest BCUT2D eigenvalue weighted by atomic mass is 10.3. The van der Waals surface area contributed by atoms with Crippen molar-refractivity contribution in [2.75, 3.05) is 0 Å². The second-order valence-corrected chi connectivity index (χ2v) is 2.52. The van der Waals surface area contributed by atoms with Gasteiger partial charge in [-0.05, 0) is 25.7 Å². The standard InChI is InChI=1S/C7H13N3/c1-6(8)9-10-7-4-2-3-5-7/h9H,1-5,8H2. The lowest BCUT2D eigenvalue weighted by molar-refractivity contribution is 0.867. The number of rotatable bonds is 2. The molecule has 0 aromatic carbocycles. The van der Waals surface area contributed by atoms with E-state index >= 15 is 0 Å². The van der Waals surface area contributed by atoms with Gasteiger partial charge in [0.05, 0.1) is 0 Å². The van der Waals surface area contributed by atoms with Gasteiger partial charge in [-0.15, -0.1) is 0 Å². The molecule has 1 aliphatic rings. The molecule has 0 heterocycles. The highest BCUT2D eigenvalue weighted by molar-refractivity contribution is 5.85. The summed E-state index contributed by atoms with van der Waals surface area (Å²) in [7, 11) is 0. The Kier molecular flexibility index (Phi) is 2.31. The molecular formula is C7H13N3. The Bertz CT molecular complexity index is 152. The third kappa shape index (κ3) is 2.09. The maximum Gasteiger partial charge on any atom is 0.109 e. The van der Waals surface area contributed by atoms with Crippen LogP contribution in [0.3, 0.4) is 0 Å². The van der Waals surface area contributed by atoms with Crippen molar-refractivity contribution in [3.63, 3.8) is 0 Å². The summed E-state index contributed by atoms with van der Waals surface area (Å²) in [6.45, 7) is 3.48. The molecule has 0 aromatic heterocycles. The average molecular weight is 139 g/mol. The summed E-state index contributed by atoms with van der Waals surface area (Å²) < 4.78 is 0. The lowest BCUT2D eigenvalue weighted by Crippen LogP contribution is -2.14. The first-order valence-corrected chi connectivity index (χ1v) is 3.55. The largest absolute Gasteiger partial charge is 0.385 e. The van der Waals surface area contributed by atoms with Crippen LogP contribution in [-0.2, 0) is 0 Å². The molecular weight excluding hydrogens is 126 g/mol. The Labute approximate surface area is 61.0 Å². The molecule has 0 spiro atoms. The predicted molar refractivity (Wildman–Crippen MR) is 42.4 cm³/mol. The van der Waals surface area contributed by atoms with Crippen LogP contribution in [0.5, 0.6) is 0 Å². The van der Waals surface area contributed by atoms with Crippen LogP contribution in [0.15, 0.2) is 17.5 Å². The van der Waals surface area contributed by atoms with E-state index in [-0.39, 0.29) is 0 Å². The van der Waals surface area contributed by atoms with Crippen LogP contribution >= 0.6 is 0 Å². The maximum atomic E-state index is 5.26. The van der Waals surface area contributed by atoms with Gasteiger partial charge in [-0.2, -0.15) is 5.10 Å². The van der Waals surface area contributed by atoms with Gasteiger partial charge in [-0.3, -0.25) is 5.43 Å². The topological polar surface area (TPSA) is 50.4 Å². The molecule has 0 unspecified atom stereocenters. The number of nitrogens with zero attached hydrogens (tertiary/aromatic N) is 1. The van der Waals surface area contributed by atoms with Crippen LogP contribution in [0, 0.1) is 0 Å². The predicted octanol–water partition coefficient (Wildman–Crippen LogP) is 0.936. The fraction of sp³-hybridized carbons (Fsp3) is 0.571. The van der Waals surface area contributed by atoms with Crippen molar-refractivity contribution in [3.05, 3.63) is 12.4 Å². The Morgan fingerprint density at radius 3 is 2.60 bits per heavy atom. The summed E-state index contributed by atoms with van der Waals surface area (Å²) >= 11 is 0. The molecule has 1 fully saturated rings. The van der Waals surface area contributed by atoms with Crippen molar-refractivity contribution in [1.29, 1.82) is 0 Å². The lowest BCUT2D eigenvalue weighted by Gasteiger charge is -1.97. The molecule has 0 saturated heterocycles. The molecule has 56 valence electrons. The van der Waals surface area contributed by atoms with E-state index in [9.17, 15) is 0 Å². The zero-order valence-electron chi connectivity index (χ0n) is 6.06. The van der Waals surface area contributed by atoms with Gasteiger partial charge < -0.3 is 5.73 Å². The average Bonchev–Trinajstić information content (AvgIpc) is 2.34. The Balaban J connectivity index is 2.31. The van der Waals surface area contributed by atoms with Crippen molar-refractivity contribution < 1.29 is 0 Å². The Hall–Kier alpha value is -0.990. The molecule has 0 radical (unpaired) electrons. The number of hydrogen-bond acceptors (Lipinski definition) is 3. The SMILES string of the molecule is C=C(N)NN=C1CCCC1. The summed E-state index contributed by atoms with van der Waals surface area (Å²) in [5, 5.41) is 4.06. The molecule has 0 atom stereocenters. The van der Waals surface area contributed by atoms with E-state index in [1.807, 2.05) is 0 Å². The zero-order valence-corrected chi connectivity index (χ0v) is 6.06. The Morgan fingerprint density at radius 2 is 2.10 bits per heavy atom. The fourth-order valence-corrected chi connectivity index (χ4v) is 1.05. The first-order valence-electron chi connectivity index (χ1n) is 3.55. The highest BCUT2D eigenvalue weighted by Crippen LogP contribution is 2.13. The quantitative estimate of drug-likeness (QED) is 0.559. The van der Waals surface area contributed by atoms with Gasteiger partial charge in [0.2, 0.25) is 0 Å².